The van der Waals surface area contributed by atoms with Crippen molar-refractivity contribution in [1.82, 2.24) is 4.90 Å². The summed E-state index contributed by atoms with van der Waals surface area (Å²) in [5.41, 5.74) is 0. The molecule has 1 saturated heterocycles. The van der Waals surface area contributed by atoms with Crippen LogP contribution in [-0.2, 0) is 4.79 Å². The van der Waals surface area contributed by atoms with Gasteiger partial charge in [-0.2, -0.15) is 0 Å². The van der Waals surface area contributed by atoms with Gasteiger partial charge in [-0.05, 0) is 46.8 Å². The van der Waals surface area contributed by atoms with Gasteiger partial charge < -0.3 is 10.0 Å². The molecule has 3 nitrogen and oxygen atoms in total. The molecule has 1 N–H and O–H groups in total. The number of aliphatic carboxylic acids is 1. The molecule has 0 unspecified atom stereocenters. The zero-order chi connectivity index (χ0) is 10.8. The number of carbonyl (C=O) groups is 1. The lowest BCUT2D eigenvalue weighted by Gasteiger charge is -2.32. The molecule has 1 rings (SSSR count). The van der Waals surface area contributed by atoms with Gasteiger partial charge in [0.05, 0.1) is 0 Å². The molecule has 0 aliphatic carbocycles. The fourth-order valence-corrected chi connectivity index (χ4v) is 2.95. The van der Waals surface area contributed by atoms with Crippen molar-refractivity contribution in [3.05, 3.63) is 0 Å². The van der Waals surface area contributed by atoms with Gasteiger partial charge in [-0.25, -0.2) is 0 Å². The lowest BCUT2D eigenvalue weighted by atomic mass is 10.1. The molecule has 0 atom stereocenters. The minimum Gasteiger partial charge on any atom is -0.480 e. The maximum absolute atomic E-state index is 10.9. The number of likely N-dealkylation sites (tertiary alicyclic amines) is 1. The van der Waals surface area contributed by atoms with Crippen LogP contribution in [0.2, 0.25) is 0 Å². The standard InChI is InChI=1S/C10H19NO2S/c1-10(2,9(12)13)14-8-4-6-11(3)7-5-8/h8H,4-7H2,1-3H3,(H,12,13). The lowest BCUT2D eigenvalue weighted by Crippen LogP contribution is -2.36. The van der Waals surface area contributed by atoms with Crippen LogP contribution in [0.15, 0.2) is 0 Å². The van der Waals surface area contributed by atoms with E-state index in [9.17, 15) is 4.79 Å². The third kappa shape index (κ3) is 3.17. The highest BCUT2D eigenvalue weighted by atomic mass is 32.2. The summed E-state index contributed by atoms with van der Waals surface area (Å²) < 4.78 is -0.638. The zero-order valence-electron chi connectivity index (χ0n) is 9.12. The highest BCUT2D eigenvalue weighted by Gasteiger charge is 2.32. The van der Waals surface area contributed by atoms with Crippen molar-refractivity contribution in [2.75, 3.05) is 20.1 Å². The van der Waals surface area contributed by atoms with Crippen LogP contribution in [0.5, 0.6) is 0 Å². The Morgan fingerprint density at radius 2 is 1.93 bits per heavy atom. The van der Waals surface area contributed by atoms with Gasteiger partial charge in [-0.15, -0.1) is 11.8 Å². The molecular formula is C10H19NO2S. The van der Waals surface area contributed by atoms with Crippen molar-refractivity contribution in [1.29, 1.82) is 0 Å². The van der Waals surface area contributed by atoms with E-state index in [1.54, 1.807) is 25.6 Å². The molecular weight excluding hydrogens is 198 g/mol. The van der Waals surface area contributed by atoms with Gasteiger partial charge in [-0.1, -0.05) is 0 Å². The molecule has 0 aromatic rings. The molecule has 1 heterocycles. The van der Waals surface area contributed by atoms with Crippen molar-refractivity contribution in [2.24, 2.45) is 0 Å². The molecule has 0 amide bonds. The first-order valence-electron chi connectivity index (χ1n) is 5.01. The quantitative estimate of drug-likeness (QED) is 0.781. The van der Waals surface area contributed by atoms with Crippen LogP contribution >= 0.6 is 11.8 Å². The zero-order valence-corrected chi connectivity index (χ0v) is 9.93. The average Bonchev–Trinajstić information content (AvgIpc) is 2.08. The van der Waals surface area contributed by atoms with E-state index in [-0.39, 0.29) is 0 Å². The minimum absolute atomic E-state index is 0.511. The summed E-state index contributed by atoms with van der Waals surface area (Å²) >= 11 is 1.61. The van der Waals surface area contributed by atoms with E-state index < -0.39 is 10.7 Å². The molecule has 4 heteroatoms. The van der Waals surface area contributed by atoms with Gasteiger partial charge >= 0.3 is 5.97 Å². The number of nitrogens with zero attached hydrogens (tertiary/aromatic N) is 1. The second kappa shape index (κ2) is 4.53. The summed E-state index contributed by atoms with van der Waals surface area (Å²) in [7, 11) is 2.11. The van der Waals surface area contributed by atoms with Crippen LogP contribution in [0.25, 0.3) is 0 Å². The molecule has 0 aromatic carbocycles. The van der Waals surface area contributed by atoms with E-state index >= 15 is 0 Å². The van der Waals surface area contributed by atoms with E-state index in [4.69, 9.17) is 5.11 Å². The topological polar surface area (TPSA) is 40.5 Å². The fourth-order valence-electron chi connectivity index (χ4n) is 1.57. The summed E-state index contributed by atoms with van der Waals surface area (Å²) in [4.78, 5) is 13.2. The minimum atomic E-state index is -0.707. The summed E-state index contributed by atoms with van der Waals surface area (Å²) in [6.07, 6.45) is 2.22. The van der Waals surface area contributed by atoms with Crippen molar-refractivity contribution < 1.29 is 9.90 Å². The predicted octanol–water partition coefficient (Wildman–Crippen LogP) is 1.68. The third-order valence-electron chi connectivity index (χ3n) is 2.64. The van der Waals surface area contributed by atoms with Crippen LogP contribution in [-0.4, -0.2) is 46.1 Å². The first-order chi connectivity index (χ1) is 6.42. The molecule has 0 radical (unpaired) electrons. The van der Waals surface area contributed by atoms with Crippen molar-refractivity contribution in [2.45, 2.75) is 36.7 Å². The Morgan fingerprint density at radius 3 is 2.36 bits per heavy atom. The highest BCUT2D eigenvalue weighted by molar-refractivity contribution is 8.01. The van der Waals surface area contributed by atoms with Crippen LogP contribution < -0.4 is 0 Å². The first kappa shape index (κ1) is 11.9. The Balaban J connectivity index is 2.41. The second-order valence-electron chi connectivity index (χ2n) is 4.44. The van der Waals surface area contributed by atoms with E-state index in [2.05, 4.69) is 11.9 Å². The summed E-state index contributed by atoms with van der Waals surface area (Å²) in [6.45, 7) is 5.76. The smallest absolute Gasteiger partial charge is 0.319 e. The number of carboxylic acid groups (broad SMARTS) is 1. The number of hydrogen-bond donors (Lipinski definition) is 1. The van der Waals surface area contributed by atoms with Gasteiger partial charge in [-0.3, -0.25) is 4.79 Å². The summed E-state index contributed by atoms with van der Waals surface area (Å²) in [5, 5.41) is 9.50. The molecule has 0 spiro atoms. The lowest BCUT2D eigenvalue weighted by molar-refractivity contribution is -0.138. The van der Waals surface area contributed by atoms with Crippen LogP contribution in [0.3, 0.4) is 0 Å². The molecule has 1 aliphatic rings. The summed E-state index contributed by atoms with van der Waals surface area (Å²) in [5.74, 6) is -0.707. The van der Waals surface area contributed by atoms with E-state index in [1.165, 1.54) is 0 Å². The van der Waals surface area contributed by atoms with Crippen LogP contribution in [0, 0.1) is 0 Å². The maximum Gasteiger partial charge on any atom is 0.319 e. The molecule has 0 saturated carbocycles. The predicted molar refractivity (Wildman–Crippen MR) is 59.8 cm³/mol. The molecule has 82 valence electrons. The fraction of sp³-hybridized carbons (Fsp3) is 0.900. The van der Waals surface area contributed by atoms with Gasteiger partial charge in [0.25, 0.3) is 0 Å². The maximum atomic E-state index is 10.9. The van der Waals surface area contributed by atoms with Crippen molar-refractivity contribution in [3.63, 3.8) is 0 Å². The Hall–Kier alpha value is -0.220. The Bertz CT molecular complexity index is 210. The van der Waals surface area contributed by atoms with Gasteiger partial charge in [0, 0.05) is 5.25 Å². The number of piperidine rings is 1. The number of carboxylic acids is 1. The first-order valence-corrected chi connectivity index (χ1v) is 5.89. The number of thioether (sulfide) groups is 1. The second-order valence-corrected chi connectivity index (χ2v) is 6.36. The Morgan fingerprint density at radius 1 is 1.43 bits per heavy atom. The van der Waals surface area contributed by atoms with Crippen LogP contribution in [0.1, 0.15) is 26.7 Å². The van der Waals surface area contributed by atoms with E-state index in [0.717, 1.165) is 25.9 Å². The SMILES string of the molecule is CN1CCC(SC(C)(C)C(=O)O)CC1. The van der Waals surface area contributed by atoms with Gasteiger partial charge in [0.2, 0.25) is 0 Å². The van der Waals surface area contributed by atoms with E-state index in [0.29, 0.717) is 5.25 Å². The largest absolute Gasteiger partial charge is 0.480 e. The molecule has 14 heavy (non-hydrogen) atoms. The molecule has 1 fully saturated rings. The van der Waals surface area contributed by atoms with Crippen LogP contribution in [0.4, 0.5) is 0 Å². The number of rotatable bonds is 3. The molecule has 1 aliphatic heterocycles. The third-order valence-corrected chi connectivity index (χ3v) is 4.21. The van der Waals surface area contributed by atoms with E-state index in [1.807, 2.05) is 0 Å². The highest BCUT2D eigenvalue weighted by Crippen LogP contribution is 2.34. The normalized spacial score (nSPS) is 21.1. The Kier molecular flexibility index (Phi) is 3.84. The van der Waals surface area contributed by atoms with Gasteiger partial charge in [0.1, 0.15) is 4.75 Å². The molecule has 0 bridgehead atoms. The average molecular weight is 217 g/mol. The monoisotopic (exact) mass is 217 g/mol. The number of hydrogen-bond acceptors (Lipinski definition) is 3. The Labute approximate surface area is 89.9 Å². The summed E-state index contributed by atoms with van der Waals surface area (Å²) in [6, 6.07) is 0. The van der Waals surface area contributed by atoms with Crippen molar-refractivity contribution >= 4 is 17.7 Å². The van der Waals surface area contributed by atoms with Crippen molar-refractivity contribution in [3.8, 4) is 0 Å². The van der Waals surface area contributed by atoms with Gasteiger partial charge in [0.15, 0.2) is 0 Å². The molecule has 0 aromatic heterocycles.